The van der Waals surface area contributed by atoms with Crippen LogP contribution < -0.4 is 10.7 Å². The summed E-state index contributed by atoms with van der Waals surface area (Å²) in [6.07, 6.45) is 0. The van der Waals surface area contributed by atoms with E-state index in [1.165, 1.54) is 28.9 Å². The number of aryl methyl sites for hydroxylation is 1. The number of carbonyl (C=O) groups is 1. The number of halogens is 2. The number of amides is 1. The van der Waals surface area contributed by atoms with E-state index in [4.69, 9.17) is 11.6 Å². The molecule has 7 heteroatoms. The Balaban J connectivity index is 1.97. The lowest BCUT2D eigenvalue weighted by molar-refractivity contribution is 0.102. The molecule has 4 rings (SSSR count). The van der Waals surface area contributed by atoms with Crippen LogP contribution >= 0.6 is 11.6 Å². The number of carbonyl (C=O) groups excluding carboxylic acids is 1. The average Bonchev–Trinajstić information content (AvgIpc) is 2.78. The molecule has 4 aromatic rings. The third-order valence-electron chi connectivity index (χ3n) is 4.74. The van der Waals surface area contributed by atoms with E-state index in [0.29, 0.717) is 16.3 Å². The molecule has 1 heterocycles. The van der Waals surface area contributed by atoms with Gasteiger partial charge in [-0.1, -0.05) is 48.0 Å². The normalized spacial score (nSPS) is 10.7. The summed E-state index contributed by atoms with van der Waals surface area (Å²) in [6.45, 7) is 1.60. The molecule has 1 amide bonds. The minimum atomic E-state index is -0.511. The van der Waals surface area contributed by atoms with Gasteiger partial charge in [0.1, 0.15) is 17.3 Å². The fourth-order valence-electron chi connectivity index (χ4n) is 3.21. The second kappa shape index (κ2) is 8.53. The van der Waals surface area contributed by atoms with Crippen LogP contribution in [0.15, 0.2) is 83.7 Å². The summed E-state index contributed by atoms with van der Waals surface area (Å²) in [5, 5.41) is 7.56. The number of hydrogen-bond acceptors (Lipinski definition) is 3. The molecule has 0 aliphatic rings. The van der Waals surface area contributed by atoms with E-state index in [9.17, 15) is 14.0 Å². The first-order valence-corrected chi connectivity index (χ1v) is 9.84. The van der Waals surface area contributed by atoms with E-state index in [0.717, 1.165) is 0 Å². The van der Waals surface area contributed by atoms with Crippen LogP contribution in [0.5, 0.6) is 0 Å². The van der Waals surface area contributed by atoms with Gasteiger partial charge in [-0.05, 0) is 49.4 Å². The summed E-state index contributed by atoms with van der Waals surface area (Å²) in [5.74, 6) is -0.793. The van der Waals surface area contributed by atoms with E-state index >= 15 is 0 Å². The highest BCUT2D eigenvalue weighted by atomic mass is 35.5. The average molecular weight is 434 g/mol. The molecular formula is C24H17ClFN3O2. The van der Waals surface area contributed by atoms with Gasteiger partial charge in [-0.3, -0.25) is 9.59 Å². The van der Waals surface area contributed by atoms with Crippen molar-refractivity contribution in [2.75, 3.05) is 5.32 Å². The predicted octanol–water partition coefficient (Wildman–Crippen LogP) is 5.25. The van der Waals surface area contributed by atoms with Crippen LogP contribution in [-0.2, 0) is 0 Å². The van der Waals surface area contributed by atoms with Crippen LogP contribution in [0.25, 0.3) is 16.8 Å². The highest BCUT2D eigenvalue weighted by Gasteiger charge is 2.22. The first-order valence-electron chi connectivity index (χ1n) is 9.47. The summed E-state index contributed by atoms with van der Waals surface area (Å²) < 4.78 is 14.8. The van der Waals surface area contributed by atoms with Crippen LogP contribution in [0.1, 0.15) is 16.1 Å². The lowest BCUT2D eigenvalue weighted by Crippen LogP contribution is -2.25. The molecule has 0 saturated carbocycles. The SMILES string of the molecule is Cc1nn(-c2ccccc2)c(NC(=O)c2ccc(F)cc2)c(-c2ccccc2Cl)c1=O. The van der Waals surface area contributed by atoms with E-state index in [-0.39, 0.29) is 28.1 Å². The third kappa shape index (κ3) is 4.11. The smallest absolute Gasteiger partial charge is 0.256 e. The van der Waals surface area contributed by atoms with Crippen LogP contribution in [-0.4, -0.2) is 15.7 Å². The van der Waals surface area contributed by atoms with Gasteiger partial charge >= 0.3 is 0 Å². The molecule has 0 atom stereocenters. The molecule has 1 aromatic heterocycles. The second-order valence-electron chi connectivity index (χ2n) is 6.83. The molecular weight excluding hydrogens is 417 g/mol. The Morgan fingerprint density at radius 1 is 0.968 bits per heavy atom. The molecule has 0 bridgehead atoms. The Hall–Kier alpha value is -3.77. The van der Waals surface area contributed by atoms with Crippen molar-refractivity contribution in [2.24, 2.45) is 0 Å². The van der Waals surface area contributed by atoms with E-state index in [1.54, 1.807) is 43.3 Å². The van der Waals surface area contributed by atoms with Crippen molar-refractivity contribution in [1.82, 2.24) is 9.78 Å². The Bertz CT molecular complexity index is 1320. The molecule has 3 aromatic carbocycles. The van der Waals surface area contributed by atoms with Crippen molar-refractivity contribution in [3.8, 4) is 16.8 Å². The van der Waals surface area contributed by atoms with Crippen LogP contribution in [0.3, 0.4) is 0 Å². The lowest BCUT2D eigenvalue weighted by atomic mass is 10.0. The third-order valence-corrected chi connectivity index (χ3v) is 5.07. The number of para-hydroxylation sites is 1. The van der Waals surface area contributed by atoms with Crippen molar-refractivity contribution in [2.45, 2.75) is 6.92 Å². The van der Waals surface area contributed by atoms with Gasteiger partial charge in [0.25, 0.3) is 5.91 Å². The summed E-state index contributed by atoms with van der Waals surface area (Å²) in [7, 11) is 0. The maximum Gasteiger partial charge on any atom is 0.256 e. The van der Waals surface area contributed by atoms with Gasteiger partial charge in [0, 0.05) is 16.1 Å². The van der Waals surface area contributed by atoms with Gasteiger partial charge in [0.15, 0.2) is 0 Å². The fraction of sp³-hybridized carbons (Fsp3) is 0.0417. The Morgan fingerprint density at radius 3 is 2.29 bits per heavy atom. The minimum absolute atomic E-state index is 0.171. The van der Waals surface area contributed by atoms with Gasteiger partial charge in [0.05, 0.1) is 11.3 Å². The molecule has 154 valence electrons. The highest BCUT2D eigenvalue weighted by Crippen LogP contribution is 2.32. The van der Waals surface area contributed by atoms with Crippen molar-refractivity contribution >= 4 is 23.3 Å². The zero-order valence-corrected chi connectivity index (χ0v) is 17.2. The molecule has 0 aliphatic carbocycles. The molecule has 5 nitrogen and oxygen atoms in total. The summed E-state index contributed by atoms with van der Waals surface area (Å²) in [5.41, 5.74) is 1.47. The van der Waals surface area contributed by atoms with E-state index in [2.05, 4.69) is 10.4 Å². The number of nitrogens with one attached hydrogen (secondary N) is 1. The van der Waals surface area contributed by atoms with Crippen molar-refractivity contribution < 1.29 is 9.18 Å². The maximum atomic E-state index is 13.3. The first kappa shape index (κ1) is 20.5. The molecule has 0 aliphatic heterocycles. The monoisotopic (exact) mass is 433 g/mol. The topological polar surface area (TPSA) is 64.0 Å². The minimum Gasteiger partial charge on any atom is -0.306 e. The molecule has 0 radical (unpaired) electrons. The van der Waals surface area contributed by atoms with E-state index in [1.807, 2.05) is 18.2 Å². The molecule has 0 fully saturated rings. The highest BCUT2D eigenvalue weighted by molar-refractivity contribution is 6.33. The van der Waals surface area contributed by atoms with Crippen molar-refractivity contribution in [3.05, 3.63) is 111 Å². The number of hydrogen-bond donors (Lipinski definition) is 1. The quantitative estimate of drug-likeness (QED) is 0.478. The van der Waals surface area contributed by atoms with Gasteiger partial charge < -0.3 is 5.32 Å². The maximum absolute atomic E-state index is 13.3. The van der Waals surface area contributed by atoms with Crippen LogP contribution in [0, 0.1) is 12.7 Å². The Labute approximate surface area is 182 Å². The number of rotatable bonds is 4. The summed E-state index contributed by atoms with van der Waals surface area (Å²) in [6, 6.07) is 21.1. The molecule has 0 saturated heterocycles. The standard InChI is InChI=1S/C24H17ClFN3O2/c1-15-22(30)21(19-9-5-6-10-20(19)25)23(29(28-15)18-7-3-2-4-8-18)27-24(31)16-11-13-17(26)14-12-16/h2-14H,1H3,(H,27,31). The zero-order valence-electron chi connectivity index (χ0n) is 16.5. The van der Waals surface area contributed by atoms with Crippen molar-refractivity contribution in [3.63, 3.8) is 0 Å². The van der Waals surface area contributed by atoms with Gasteiger partial charge in [0.2, 0.25) is 5.43 Å². The fourth-order valence-corrected chi connectivity index (χ4v) is 3.44. The van der Waals surface area contributed by atoms with Gasteiger partial charge in [-0.2, -0.15) is 5.10 Å². The molecule has 1 N–H and O–H groups in total. The molecule has 0 spiro atoms. The number of anilines is 1. The van der Waals surface area contributed by atoms with Crippen molar-refractivity contribution in [1.29, 1.82) is 0 Å². The van der Waals surface area contributed by atoms with E-state index < -0.39 is 11.7 Å². The lowest BCUT2D eigenvalue weighted by Gasteiger charge is -2.19. The van der Waals surface area contributed by atoms with Crippen LogP contribution in [0.4, 0.5) is 10.2 Å². The first-order chi connectivity index (χ1) is 15.0. The van der Waals surface area contributed by atoms with Gasteiger partial charge in [-0.15, -0.1) is 0 Å². The number of nitrogens with zero attached hydrogens (tertiary/aromatic N) is 2. The largest absolute Gasteiger partial charge is 0.306 e. The summed E-state index contributed by atoms with van der Waals surface area (Å²) in [4.78, 5) is 26.1. The Kier molecular flexibility index (Phi) is 5.64. The summed E-state index contributed by atoms with van der Waals surface area (Å²) >= 11 is 6.40. The van der Waals surface area contributed by atoms with Crippen LogP contribution in [0.2, 0.25) is 5.02 Å². The molecule has 0 unspecified atom stereocenters. The zero-order chi connectivity index (χ0) is 22.0. The van der Waals surface area contributed by atoms with Gasteiger partial charge in [-0.25, -0.2) is 9.07 Å². The second-order valence-corrected chi connectivity index (χ2v) is 7.23. The number of aromatic nitrogens is 2. The Morgan fingerprint density at radius 2 is 1.61 bits per heavy atom. The number of benzene rings is 3. The predicted molar refractivity (Wildman–Crippen MR) is 119 cm³/mol. The molecule has 31 heavy (non-hydrogen) atoms.